The quantitative estimate of drug-likeness (QED) is 0.458. The fourth-order valence-corrected chi connectivity index (χ4v) is 3.65. The van der Waals surface area contributed by atoms with E-state index in [9.17, 15) is 9.59 Å². The van der Waals surface area contributed by atoms with Crippen LogP contribution in [0.4, 0.5) is 10.5 Å². The monoisotopic (exact) mass is 466 g/mol. The third-order valence-electron chi connectivity index (χ3n) is 4.66. The zero-order valence-corrected chi connectivity index (χ0v) is 18.2. The van der Waals surface area contributed by atoms with E-state index >= 15 is 0 Å². The highest BCUT2D eigenvalue weighted by molar-refractivity contribution is 9.10. The summed E-state index contributed by atoms with van der Waals surface area (Å²) in [6, 6.07) is 26.3. The molecule has 2 amide bonds. The highest BCUT2D eigenvalue weighted by atomic mass is 79.9. The van der Waals surface area contributed by atoms with Gasteiger partial charge in [0, 0.05) is 16.7 Å². The number of esters is 1. The van der Waals surface area contributed by atoms with Gasteiger partial charge in [0.05, 0.1) is 19.6 Å². The fourth-order valence-electron chi connectivity index (χ4n) is 3.25. The summed E-state index contributed by atoms with van der Waals surface area (Å²) in [5, 5.41) is 2.95. The zero-order chi connectivity index (χ0) is 21.3. The van der Waals surface area contributed by atoms with Gasteiger partial charge in [0.15, 0.2) is 0 Å². The van der Waals surface area contributed by atoms with Crippen molar-refractivity contribution in [1.82, 2.24) is 4.90 Å². The molecule has 0 unspecified atom stereocenters. The molecule has 0 aliphatic heterocycles. The molecule has 0 radical (unpaired) electrons. The summed E-state index contributed by atoms with van der Waals surface area (Å²) >= 11 is 3.42. The Morgan fingerprint density at radius 1 is 0.933 bits per heavy atom. The van der Waals surface area contributed by atoms with Gasteiger partial charge in [-0.1, -0.05) is 82.7 Å². The van der Waals surface area contributed by atoms with Crippen LogP contribution in [0, 0.1) is 0 Å². The Kier molecular flexibility index (Phi) is 7.63. The van der Waals surface area contributed by atoms with Gasteiger partial charge in [-0.2, -0.15) is 0 Å². The Morgan fingerprint density at radius 2 is 1.53 bits per heavy atom. The molecule has 0 aliphatic carbocycles. The van der Waals surface area contributed by atoms with Gasteiger partial charge < -0.3 is 15.0 Å². The lowest BCUT2D eigenvalue weighted by atomic mass is 9.97. The normalized spacial score (nSPS) is 10.5. The third-order valence-corrected chi connectivity index (χ3v) is 5.16. The molecule has 3 aromatic carbocycles. The summed E-state index contributed by atoms with van der Waals surface area (Å²) in [4.78, 5) is 26.9. The maximum absolute atomic E-state index is 13.4. The van der Waals surface area contributed by atoms with E-state index in [4.69, 9.17) is 4.74 Å². The van der Waals surface area contributed by atoms with Crippen LogP contribution in [0.2, 0.25) is 0 Å². The fraction of sp³-hybridized carbons (Fsp3) is 0.167. The summed E-state index contributed by atoms with van der Waals surface area (Å²) in [5.74, 6) is -0.366. The summed E-state index contributed by atoms with van der Waals surface area (Å²) in [6.45, 7) is 0.209. The molecular weight excluding hydrogens is 444 g/mol. The van der Waals surface area contributed by atoms with Crippen molar-refractivity contribution < 1.29 is 14.3 Å². The predicted octanol–water partition coefficient (Wildman–Crippen LogP) is 5.64. The molecule has 0 saturated carbocycles. The van der Waals surface area contributed by atoms with Gasteiger partial charge in [0.1, 0.15) is 0 Å². The van der Waals surface area contributed by atoms with Crippen molar-refractivity contribution >= 4 is 33.6 Å². The molecule has 5 nitrogen and oxygen atoms in total. The van der Waals surface area contributed by atoms with Crippen molar-refractivity contribution in [3.63, 3.8) is 0 Å². The summed E-state index contributed by atoms with van der Waals surface area (Å²) in [6.07, 6.45) is 0.0958. The molecule has 3 rings (SSSR count). The first-order valence-corrected chi connectivity index (χ1v) is 10.4. The zero-order valence-electron chi connectivity index (χ0n) is 16.6. The Labute approximate surface area is 184 Å². The average Bonchev–Trinajstić information content (AvgIpc) is 2.77. The van der Waals surface area contributed by atoms with Gasteiger partial charge in [-0.15, -0.1) is 0 Å². The van der Waals surface area contributed by atoms with Crippen molar-refractivity contribution in [3.05, 3.63) is 101 Å². The Hall–Kier alpha value is -3.12. The highest BCUT2D eigenvalue weighted by Crippen LogP contribution is 2.30. The van der Waals surface area contributed by atoms with E-state index < -0.39 is 0 Å². The minimum atomic E-state index is -0.366. The molecule has 0 spiro atoms. The molecule has 0 heterocycles. The molecule has 6 heteroatoms. The third kappa shape index (κ3) is 5.70. The first-order valence-electron chi connectivity index (χ1n) is 9.58. The molecule has 0 bridgehead atoms. The Bertz CT molecular complexity index is 941. The summed E-state index contributed by atoms with van der Waals surface area (Å²) in [7, 11) is 1.35. The second kappa shape index (κ2) is 10.6. The molecule has 3 aromatic rings. The number of benzene rings is 3. The lowest BCUT2D eigenvalue weighted by molar-refractivity contribution is -0.140. The molecule has 30 heavy (non-hydrogen) atoms. The van der Waals surface area contributed by atoms with E-state index in [0.29, 0.717) is 5.69 Å². The van der Waals surface area contributed by atoms with Crippen LogP contribution < -0.4 is 5.32 Å². The van der Waals surface area contributed by atoms with E-state index in [1.807, 2.05) is 84.9 Å². The summed E-state index contributed by atoms with van der Waals surface area (Å²) in [5.41, 5.74) is 2.58. The number of hydrogen-bond donors (Lipinski definition) is 1. The SMILES string of the molecule is COC(=O)CCN(C(=O)Nc1cccc(Br)c1)C(c1ccccc1)c1ccccc1. The molecule has 154 valence electrons. The molecule has 0 atom stereocenters. The molecule has 0 saturated heterocycles. The second-order valence-electron chi connectivity index (χ2n) is 6.68. The van der Waals surface area contributed by atoms with Gasteiger partial charge in [-0.05, 0) is 29.3 Å². The number of ether oxygens (including phenoxy) is 1. The van der Waals surface area contributed by atoms with Crippen LogP contribution in [0.25, 0.3) is 0 Å². The number of carbonyl (C=O) groups excluding carboxylic acids is 2. The topological polar surface area (TPSA) is 58.6 Å². The summed E-state index contributed by atoms with van der Waals surface area (Å²) < 4.78 is 5.67. The van der Waals surface area contributed by atoms with Gasteiger partial charge in [-0.25, -0.2) is 4.79 Å². The number of amides is 2. The lowest BCUT2D eigenvalue weighted by Crippen LogP contribution is -2.40. The molecule has 0 aromatic heterocycles. The van der Waals surface area contributed by atoms with Crippen molar-refractivity contribution in [3.8, 4) is 0 Å². The second-order valence-corrected chi connectivity index (χ2v) is 7.60. The highest BCUT2D eigenvalue weighted by Gasteiger charge is 2.27. The van der Waals surface area contributed by atoms with E-state index in [1.54, 1.807) is 4.90 Å². The van der Waals surface area contributed by atoms with Gasteiger partial charge in [-0.3, -0.25) is 4.79 Å². The first kappa shape index (κ1) is 21.6. The molecule has 1 N–H and O–H groups in total. The molecule has 0 fully saturated rings. The number of nitrogens with zero attached hydrogens (tertiary/aromatic N) is 1. The molecule has 0 aliphatic rings. The van der Waals surface area contributed by atoms with E-state index in [-0.39, 0.29) is 31.0 Å². The largest absolute Gasteiger partial charge is 0.469 e. The number of urea groups is 1. The number of halogens is 1. The van der Waals surface area contributed by atoms with Gasteiger partial charge in [0.25, 0.3) is 0 Å². The Morgan fingerprint density at radius 3 is 2.07 bits per heavy atom. The van der Waals surface area contributed by atoms with Gasteiger partial charge in [0.2, 0.25) is 0 Å². The number of nitrogens with one attached hydrogen (secondary N) is 1. The van der Waals surface area contributed by atoms with Crippen molar-refractivity contribution in [1.29, 1.82) is 0 Å². The number of carbonyl (C=O) groups is 2. The smallest absolute Gasteiger partial charge is 0.322 e. The standard InChI is InChI=1S/C24H23BrN2O3/c1-30-22(28)15-16-27(24(29)26-21-14-8-13-20(25)17-21)23(18-9-4-2-5-10-18)19-11-6-3-7-12-19/h2-14,17,23H,15-16H2,1H3,(H,26,29). The average molecular weight is 467 g/mol. The van der Waals surface area contributed by atoms with Crippen molar-refractivity contribution in [2.45, 2.75) is 12.5 Å². The minimum absolute atomic E-state index is 0.0958. The van der Waals surface area contributed by atoms with Crippen LogP contribution in [0.1, 0.15) is 23.6 Å². The maximum atomic E-state index is 13.4. The molecular formula is C24H23BrN2O3. The van der Waals surface area contributed by atoms with Crippen molar-refractivity contribution in [2.75, 3.05) is 19.0 Å². The predicted molar refractivity (Wildman–Crippen MR) is 121 cm³/mol. The van der Waals surface area contributed by atoms with Crippen LogP contribution in [-0.2, 0) is 9.53 Å². The van der Waals surface area contributed by atoms with Crippen LogP contribution in [0.5, 0.6) is 0 Å². The van der Waals surface area contributed by atoms with E-state index in [2.05, 4.69) is 21.2 Å². The Balaban J connectivity index is 1.98. The van der Waals surface area contributed by atoms with Crippen molar-refractivity contribution in [2.24, 2.45) is 0 Å². The minimum Gasteiger partial charge on any atom is -0.469 e. The number of anilines is 1. The van der Waals surface area contributed by atoms with Crippen LogP contribution >= 0.6 is 15.9 Å². The van der Waals surface area contributed by atoms with Crippen LogP contribution in [0.15, 0.2) is 89.4 Å². The van der Waals surface area contributed by atoms with E-state index in [1.165, 1.54) is 7.11 Å². The van der Waals surface area contributed by atoms with Gasteiger partial charge >= 0.3 is 12.0 Å². The lowest BCUT2D eigenvalue weighted by Gasteiger charge is -2.32. The maximum Gasteiger partial charge on any atom is 0.322 e. The number of hydrogen-bond acceptors (Lipinski definition) is 3. The van der Waals surface area contributed by atoms with Crippen LogP contribution in [0.3, 0.4) is 0 Å². The number of rotatable bonds is 7. The van der Waals surface area contributed by atoms with E-state index in [0.717, 1.165) is 15.6 Å². The van der Waals surface area contributed by atoms with Crippen LogP contribution in [-0.4, -0.2) is 30.6 Å². The first-order chi connectivity index (χ1) is 14.6. The number of methoxy groups -OCH3 is 1.